The van der Waals surface area contributed by atoms with Crippen LogP contribution in [0.15, 0.2) is 24.4 Å². The number of aromatic nitrogens is 6. The van der Waals surface area contributed by atoms with Crippen molar-refractivity contribution in [2.75, 3.05) is 0 Å². The highest BCUT2D eigenvalue weighted by Crippen LogP contribution is 2.08. The highest BCUT2D eigenvalue weighted by molar-refractivity contribution is 5.92. The first-order valence-corrected chi connectivity index (χ1v) is 5.69. The maximum atomic E-state index is 11.9. The van der Waals surface area contributed by atoms with Crippen LogP contribution < -0.4 is 5.32 Å². The van der Waals surface area contributed by atoms with E-state index in [0.717, 1.165) is 11.3 Å². The summed E-state index contributed by atoms with van der Waals surface area (Å²) in [6.45, 7) is 2.16. The number of carbonyl (C=O) groups is 1. The Morgan fingerprint density at radius 2 is 2.37 bits per heavy atom. The van der Waals surface area contributed by atoms with Gasteiger partial charge in [-0.3, -0.25) is 4.79 Å². The Morgan fingerprint density at radius 1 is 1.47 bits per heavy atom. The van der Waals surface area contributed by atoms with Crippen molar-refractivity contribution in [3.63, 3.8) is 0 Å². The Balaban J connectivity index is 1.80. The molecule has 3 rings (SSSR count). The van der Waals surface area contributed by atoms with Crippen molar-refractivity contribution in [3.8, 4) is 0 Å². The second kappa shape index (κ2) is 4.48. The Hall–Kier alpha value is -2.77. The topological polar surface area (TPSA) is 101 Å². The smallest absolute Gasteiger partial charge is 0.271 e. The Bertz CT molecular complexity index is 716. The zero-order valence-electron chi connectivity index (χ0n) is 10.2. The lowest BCUT2D eigenvalue weighted by Gasteiger charge is -1.97. The highest BCUT2D eigenvalue weighted by Gasteiger charge is 2.11. The minimum Gasteiger partial charge on any atom is -0.343 e. The fourth-order valence-electron chi connectivity index (χ4n) is 1.77. The van der Waals surface area contributed by atoms with Gasteiger partial charge in [-0.1, -0.05) is 11.3 Å². The van der Waals surface area contributed by atoms with Crippen LogP contribution in [0.25, 0.3) is 5.65 Å². The number of rotatable bonds is 3. The lowest BCUT2D eigenvalue weighted by Crippen LogP contribution is -2.23. The first-order chi connectivity index (χ1) is 9.24. The minimum absolute atomic E-state index is 0.211. The molecule has 8 nitrogen and oxygen atoms in total. The molecule has 0 saturated carbocycles. The molecule has 0 spiro atoms. The Labute approximate surface area is 107 Å². The van der Waals surface area contributed by atoms with Crippen LogP contribution in [0, 0.1) is 6.92 Å². The van der Waals surface area contributed by atoms with Crippen LogP contribution in [0.1, 0.15) is 22.0 Å². The molecule has 0 bridgehead atoms. The third kappa shape index (κ3) is 2.15. The molecule has 0 atom stereocenters. The Morgan fingerprint density at radius 3 is 3.11 bits per heavy atom. The van der Waals surface area contributed by atoms with E-state index in [-0.39, 0.29) is 12.5 Å². The number of amides is 1. The van der Waals surface area contributed by atoms with Gasteiger partial charge in [0.25, 0.3) is 5.91 Å². The number of pyridine rings is 1. The summed E-state index contributed by atoms with van der Waals surface area (Å²) >= 11 is 0. The first kappa shape index (κ1) is 11.3. The van der Waals surface area contributed by atoms with Crippen molar-refractivity contribution in [2.45, 2.75) is 13.5 Å². The summed E-state index contributed by atoms with van der Waals surface area (Å²) < 4.78 is 1.86. The SMILES string of the molecule is Cc1cccc2nc(C(=O)NCc3nn[nH]n3)cn12. The number of fused-ring (bicyclic) bond motifs is 1. The van der Waals surface area contributed by atoms with Gasteiger partial charge in [-0.2, -0.15) is 5.21 Å². The van der Waals surface area contributed by atoms with E-state index >= 15 is 0 Å². The molecule has 19 heavy (non-hydrogen) atoms. The van der Waals surface area contributed by atoms with Crippen LogP contribution in [0.3, 0.4) is 0 Å². The fraction of sp³-hybridized carbons (Fsp3) is 0.182. The van der Waals surface area contributed by atoms with Gasteiger partial charge >= 0.3 is 0 Å². The van der Waals surface area contributed by atoms with Gasteiger partial charge in [0, 0.05) is 11.9 Å². The van der Waals surface area contributed by atoms with Crippen molar-refractivity contribution in [3.05, 3.63) is 41.6 Å². The molecule has 0 saturated heterocycles. The summed E-state index contributed by atoms with van der Waals surface area (Å²) in [5, 5.41) is 15.9. The third-order valence-electron chi connectivity index (χ3n) is 2.72. The largest absolute Gasteiger partial charge is 0.343 e. The molecule has 0 fully saturated rings. The van der Waals surface area contributed by atoms with Crippen molar-refractivity contribution in [1.29, 1.82) is 0 Å². The van der Waals surface area contributed by atoms with Crippen LogP contribution in [-0.4, -0.2) is 35.9 Å². The molecule has 0 unspecified atom stereocenters. The molecule has 3 aromatic rings. The lowest BCUT2D eigenvalue weighted by atomic mass is 10.4. The molecule has 1 amide bonds. The van der Waals surface area contributed by atoms with Crippen molar-refractivity contribution in [1.82, 2.24) is 35.3 Å². The number of nitrogens with one attached hydrogen (secondary N) is 2. The molecule has 2 N–H and O–H groups in total. The van der Waals surface area contributed by atoms with Gasteiger partial charge in [0.05, 0.1) is 6.54 Å². The molecular formula is C11H11N7O. The van der Waals surface area contributed by atoms with Gasteiger partial charge < -0.3 is 9.72 Å². The van der Waals surface area contributed by atoms with E-state index in [1.165, 1.54) is 0 Å². The fourth-order valence-corrected chi connectivity index (χ4v) is 1.77. The van der Waals surface area contributed by atoms with E-state index in [1.807, 2.05) is 29.5 Å². The predicted molar refractivity (Wildman–Crippen MR) is 65.3 cm³/mol. The second-order valence-corrected chi connectivity index (χ2v) is 4.03. The predicted octanol–water partition coefficient (Wildman–Crippen LogP) is 0.0858. The van der Waals surface area contributed by atoms with Gasteiger partial charge in [0.15, 0.2) is 5.82 Å². The quantitative estimate of drug-likeness (QED) is 0.692. The molecule has 0 radical (unpaired) electrons. The van der Waals surface area contributed by atoms with E-state index in [9.17, 15) is 4.79 Å². The van der Waals surface area contributed by atoms with Gasteiger partial charge in [-0.15, -0.1) is 10.2 Å². The lowest BCUT2D eigenvalue weighted by molar-refractivity contribution is 0.0945. The summed E-state index contributed by atoms with van der Waals surface area (Å²) in [6, 6.07) is 5.71. The molecular weight excluding hydrogens is 246 g/mol. The summed E-state index contributed by atoms with van der Waals surface area (Å²) in [6.07, 6.45) is 1.70. The molecule has 0 aromatic carbocycles. The molecule has 3 heterocycles. The van der Waals surface area contributed by atoms with E-state index in [2.05, 4.69) is 30.9 Å². The minimum atomic E-state index is -0.270. The molecule has 8 heteroatoms. The number of aromatic amines is 1. The number of imidazole rings is 1. The van der Waals surface area contributed by atoms with Gasteiger partial charge in [-0.25, -0.2) is 4.98 Å². The van der Waals surface area contributed by atoms with E-state index in [0.29, 0.717) is 11.5 Å². The molecule has 96 valence electrons. The number of H-pyrrole nitrogens is 1. The van der Waals surface area contributed by atoms with Crippen molar-refractivity contribution in [2.24, 2.45) is 0 Å². The number of nitrogens with zero attached hydrogens (tertiary/aromatic N) is 5. The average molecular weight is 257 g/mol. The number of tetrazole rings is 1. The normalized spacial score (nSPS) is 10.8. The number of hydrogen-bond acceptors (Lipinski definition) is 5. The second-order valence-electron chi connectivity index (χ2n) is 4.03. The van der Waals surface area contributed by atoms with Crippen LogP contribution in [-0.2, 0) is 6.54 Å². The van der Waals surface area contributed by atoms with E-state index < -0.39 is 0 Å². The van der Waals surface area contributed by atoms with Crippen molar-refractivity contribution >= 4 is 11.6 Å². The van der Waals surface area contributed by atoms with E-state index in [4.69, 9.17) is 0 Å². The van der Waals surface area contributed by atoms with Crippen LogP contribution in [0.5, 0.6) is 0 Å². The zero-order valence-corrected chi connectivity index (χ0v) is 10.2. The monoisotopic (exact) mass is 257 g/mol. The van der Waals surface area contributed by atoms with Crippen molar-refractivity contribution < 1.29 is 4.79 Å². The number of hydrogen-bond donors (Lipinski definition) is 2. The summed E-state index contributed by atoms with van der Waals surface area (Å²) in [5.74, 6) is 0.154. The standard InChI is InChI=1S/C11H11N7O/c1-7-3-2-4-10-13-8(6-18(7)10)11(19)12-5-9-14-16-17-15-9/h2-4,6H,5H2,1H3,(H,12,19)(H,14,15,16,17). The third-order valence-corrected chi connectivity index (χ3v) is 2.72. The molecule has 3 aromatic heterocycles. The molecule has 0 aliphatic rings. The van der Waals surface area contributed by atoms with Crippen LogP contribution in [0.4, 0.5) is 0 Å². The van der Waals surface area contributed by atoms with Gasteiger partial charge in [0.1, 0.15) is 11.3 Å². The van der Waals surface area contributed by atoms with Gasteiger partial charge in [0.2, 0.25) is 0 Å². The Kier molecular flexibility index (Phi) is 2.67. The van der Waals surface area contributed by atoms with Gasteiger partial charge in [-0.05, 0) is 19.1 Å². The summed E-state index contributed by atoms with van der Waals surface area (Å²) in [5.41, 5.74) is 2.12. The average Bonchev–Trinajstić information content (AvgIpc) is 3.05. The summed E-state index contributed by atoms with van der Waals surface area (Å²) in [4.78, 5) is 16.2. The van der Waals surface area contributed by atoms with Crippen LogP contribution >= 0.6 is 0 Å². The number of aryl methyl sites for hydroxylation is 1. The maximum Gasteiger partial charge on any atom is 0.271 e. The van der Waals surface area contributed by atoms with Crippen LogP contribution in [0.2, 0.25) is 0 Å². The zero-order chi connectivity index (χ0) is 13.2. The summed E-state index contributed by atoms with van der Waals surface area (Å²) in [7, 11) is 0. The molecule has 0 aliphatic heterocycles. The molecule has 0 aliphatic carbocycles. The highest BCUT2D eigenvalue weighted by atomic mass is 16.1. The maximum absolute atomic E-state index is 11.9. The van der Waals surface area contributed by atoms with E-state index in [1.54, 1.807) is 6.20 Å². The first-order valence-electron chi connectivity index (χ1n) is 5.69. The number of carbonyl (C=O) groups excluding carboxylic acids is 1.